The van der Waals surface area contributed by atoms with Crippen LogP contribution < -0.4 is 10.1 Å². The topological polar surface area (TPSA) is 161 Å². The van der Waals surface area contributed by atoms with E-state index >= 15 is 0 Å². The second-order valence-electron chi connectivity index (χ2n) is 9.63. The lowest BCUT2D eigenvalue weighted by Crippen LogP contribution is -2.47. The van der Waals surface area contributed by atoms with E-state index in [1.54, 1.807) is 32.9 Å². The van der Waals surface area contributed by atoms with E-state index in [9.17, 15) is 19.2 Å². The van der Waals surface area contributed by atoms with Crippen molar-refractivity contribution in [3.05, 3.63) is 59.7 Å². The lowest BCUT2D eigenvalue weighted by atomic mass is 9.99. The fourth-order valence-electron chi connectivity index (χ4n) is 3.49. The first-order valence-corrected chi connectivity index (χ1v) is 12.3. The van der Waals surface area contributed by atoms with Crippen molar-refractivity contribution in [2.75, 3.05) is 7.11 Å². The number of aromatic nitrogens is 4. The summed E-state index contributed by atoms with van der Waals surface area (Å²) in [5.41, 5.74) is 0.928. The first kappa shape index (κ1) is 29.9. The number of rotatable bonds is 11. The number of nitrogens with one attached hydrogen (secondary N) is 1. The molecule has 0 saturated heterocycles. The Hall–Kier alpha value is -4.65. The summed E-state index contributed by atoms with van der Waals surface area (Å²) in [6.45, 7) is 6.59. The summed E-state index contributed by atoms with van der Waals surface area (Å²) in [5.74, 6) is -2.40. The fourth-order valence-corrected chi connectivity index (χ4v) is 3.49. The maximum absolute atomic E-state index is 12.7. The van der Waals surface area contributed by atoms with E-state index in [2.05, 4.69) is 25.5 Å². The van der Waals surface area contributed by atoms with Crippen molar-refractivity contribution in [2.45, 2.75) is 59.1 Å². The summed E-state index contributed by atoms with van der Waals surface area (Å²) >= 11 is 0. The molecule has 3 aromatic rings. The highest BCUT2D eigenvalue weighted by Crippen LogP contribution is 2.29. The maximum atomic E-state index is 12.7. The van der Waals surface area contributed by atoms with E-state index in [0.717, 1.165) is 12.7 Å². The molecule has 1 amide bonds. The Morgan fingerprint density at radius 1 is 1.02 bits per heavy atom. The number of alkyl carbamates (subject to hydrolysis) is 1. The first-order chi connectivity index (χ1) is 18.9. The van der Waals surface area contributed by atoms with Crippen LogP contribution in [0.15, 0.2) is 48.5 Å². The number of ketones is 1. The predicted molar refractivity (Wildman–Crippen MR) is 140 cm³/mol. The standard InChI is InChI=1S/C27H31N5O8/c1-17(33)39-22-12-11-19(14-21(23(34)25(35)37-5)28-26(36)40-27(2,3)4)13-20(22)24-29-31-32(30-24)16-38-15-18-9-7-6-8-10-18/h6-13,21H,14-16H2,1-5H3,(H,28,36)/t21-/m0/s1. The molecule has 0 spiro atoms. The van der Waals surface area contributed by atoms with Crippen molar-refractivity contribution in [3.63, 3.8) is 0 Å². The van der Waals surface area contributed by atoms with Crippen LogP contribution in [0.4, 0.5) is 4.79 Å². The Morgan fingerprint density at radius 2 is 1.75 bits per heavy atom. The summed E-state index contributed by atoms with van der Waals surface area (Å²) in [6.07, 6.45) is -0.999. The fraction of sp³-hybridized carbons (Fsp3) is 0.370. The number of carbonyl (C=O) groups excluding carboxylic acids is 4. The SMILES string of the molecule is COC(=O)C(=O)[C@H](Cc1ccc(OC(C)=O)c(-c2nnn(COCc3ccccc3)n2)c1)NC(=O)OC(C)(C)C. The van der Waals surface area contributed by atoms with E-state index in [0.29, 0.717) is 17.7 Å². The molecule has 1 aromatic heterocycles. The number of esters is 2. The number of methoxy groups -OCH3 is 1. The third-order valence-corrected chi connectivity index (χ3v) is 5.14. The normalized spacial score (nSPS) is 11.8. The number of amides is 1. The number of tetrazole rings is 1. The largest absolute Gasteiger partial charge is 0.463 e. The summed E-state index contributed by atoms with van der Waals surface area (Å²) in [7, 11) is 1.06. The van der Waals surface area contributed by atoms with Crippen LogP contribution in [0, 0.1) is 0 Å². The lowest BCUT2D eigenvalue weighted by Gasteiger charge is -2.23. The van der Waals surface area contributed by atoms with Crippen molar-refractivity contribution in [1.29, 1.82) is 0 Å². The van der Waals surface area contributed by atoms with Crippen molar-refractivity contribution in [3.8, 4) is 17.1 Å². The van der Waals surface area contributed by atoms with Gasteiger partial charge in [0, 0.05) is 13.3 Å². The van der Waals surface area contributed by atoms with Gasteiger partial charge in [0.15, 0.2) is 6.73 Å². The molecule has 0 saturated carbocycles. The molecular formula is C27H31N5O8. The Balaban J connectivity index is 1.84. The van der Waals surface area contributed by atoms with Crippen LogP contribution in [0.3, 0.4) is 0 Å². The highest BCUT2D eigenvalue weighted by Gasteiger charge is 2.30. The number of Topliss-reactive ketones (excluding diaryl/α,β-unsaturated/α-hetero) is 1. The second-order valence-corrected chi connectivity index (χ2v) is 9.63. The number of nitrogens with zero attached hydrogens (tertiary/aromatic N) is 4. The molecule has 2 aromatic carbocycles. The number of ether oxygens (including phenoxy) is 4. The zero-order valence-electron chi connectivity index (χ0n) is 22.9. The third kappa shape index (κ3) is 8.98. The zero-order valence-corrected chi connectivity index (χ0v) is 22.9. The minimum absolute atomic E-state index is 0.0139. The van der Waals surface area contributed by atoms with Crippen molar-refractivity contribution >= 4 is 23.8 Å². The van der Waals surface area contributed by atoms with Gasteiger partial charge in [-0.2, -0.15) is 0 Å². The van der Waals surface area contributed by atoms with Gasteiger partial charge < -0.3 is 24.3 Å². The van der Waals surface area contributed by atoms with Gasteiger partial charge in [-0.15, -0.1) is 15.0 Å². The van der Waals surface area contributed by atoms with Gasteiger partial charge >= 0.3 is 18.0 Å². The monoisotopic (exact) mass is 553 g/mol. The smallest absolute Gasteiger partial charge is 0.408 e. The molecule has 0 radical (unpaired) electrons. The molecular weight excluding hydrogens is 522 g/mol. The number of hydrogen-bond acceptors (Lipinski definition) is 11. The Bertz CT molecular complexity index is 1350. The highest BCUT2D eigenvalue weighted by molar-refractivity contribution is 6.36. The average Bonchev–Trinajstić information content (AvgIpc) is 3.36. The van der Waals surface area contributed by atoms with Gasteiger partial charge in [-0.3, -0.25) is 9.59 Å². The molecule has 3 rings (SSSR count). The summed E-state index contributed by atoms with van der Waals surface area (Å²) in [6, 6.07) is 12.9. The zero-order chi connectivity index (χ0) is 29.3. The van der Waals surface area contributed by atoms with Gasteiger partial charge in [0.25, 0.3) is 5.78 Å². The molecule has 1 N–H and O–H groups in total. The van der Waals surface area contributed by atoms with Crippen molar-refractivity contribution < 1.29 is 38.1 Å². The minimum Gasteiger partial charge on any atom is -0.463 e. The molecule has 13 nitrogen and oxygen atoms in total. The second kappa shape index (κ2) is 13.4. The van der Waals surface area contributed by atoms with Gasteiger partial charge in [0.05, 0.1) is 19.3 Å². The van der Waals surface area contributed by atoms with E-state index in [1.165, 1.54) is 17.8 Å². The van der Waals surface area contributed by atoms with Gasteiger partial charge in [0.1, 0.15) is 17.4 Å². The van der Waals surface area contributed by atoms with E-state index in [1.807, 2.05) is 30.3 Å². The predicted octanol–water partition coefficient (Wildman–Crippen LogP) is 2.62. The van der Waals surface area contributed by atoms with Crippen LogP contribution in [-0.4, -0.2) is 62.8 Å². The molecule has 212 valence electrons. The molecule has 0 unspecified atom stereocenters. The molecule has 40 heavy (non-hydrogen) atoms. The Labute approximate surface area is 230 Å². The average molecular weight is 554 g/mol. The molecule has 0 aliphatic rings. The highest BCUT2D eigenvalue weighted by atomic mass is 16.6. The van der Waals surface area contributed by atoms with E-state index in [4.69, 9.17) is 14.2 Å². The maximum Gasteiger partial charge on any atom is 0.408 e. The minimum atomic E-state index is -1.30. The van der Waals surface area contributed by atoms with Gasteiger partial charge in [0.2, 0.25) is 5.82 Å². The van der Waals surface area contributed by atoms with Crippen LogP contribution in [0.1, 0.15) is 38.8 Å². The van der Waals surface area contributed by atoms with Crippen LogP contribution in [0.2, 0.25) is 0 Å². The summed E-state index contributed by atoms with van der Waals surface area (Å²) < 4.78 is 20.7. The molecule has 1 atom stereocenters. The van der Waals surface area contributed by atoms with E-state index in [-0.39, 0.29) is 24.7 Å². The van der Waals surface area contributed by atoms with Crippen LogP contribution >= 0.6 is 0 Å². The van der Waals surface area contributed by atoms with E-state index < -0.39 is 35.5 Å². The van der Waals surface area contributed by atoms with Crippen LogP contribution in [-0.2, 0) is 48.4 Å². The molecule has 13 heteroatoms. The molecule has 0 fully saturated rings. The van der Waals surface area contributed by atoms with Crippen LogP contribution in [0.25, 0.3) is 11.4 Å². The van der Waals surface area contributed by atoms with Crippen LogP contribution in [0.5, 0.6) is 5.75 Å². The Morgan fingerprint density at radius 3 is 2.40 bits per heavy atom. The van der Waals surface area contributed by atoms with Gasteiger partial charge in [-0.25, -0.2) is 9.59 Å². The van der Waals surface area contributed by atoms with Crippen molar-refractivity contribution in [2.24, 2.45) is 0 Å². The number of benzene rings is 2. The number of carbonyl (C=O) groups is 4. The number of hydrogen-bond donors (Lipinski definition) is 1. The summed E-state index contributed by atoms with van der Waals surface area (Å²) in [4.78, 5) is 50.0. The van der Waals surface area contributed by atoms with Gasteiger partial charge in [-0.05, 0) is 49.2 Å². The quantitative estimate of drug-likeness (QED) is 0.211. The van der Waals surface area contributed by atoms with Crippen molar-refractivity contribution in [1.82, 2.24) is 25.5 Å². The Kier molecular flexibility index (Phi) is 10.0. The third-order valence-electron chi connectivity index (χ3n) is 5.14. The van der Waals surface area contributed by atoms with Gasteiger partial charge in [-0.1, -0.05) is 36.4 Å². The molecule has 1 heterocycles. The molecule has 0 aliphatic heterocycles. The molecule has 0 aliphatic carbocycles. The molecule has 0 bridgehead atoms. The summed E-state index contributed by atoms with van der Waals surface area (Å²) in [5, 5.41) is 14.8. The first-order valence-electron chi connectivity index (χ1n) is 12.3. The lowest BCUT2D eigenvalue weighted by molar-refractivity contribution is -0.152.